The molecule has 1 amide bonds. The number of amides is 1. The van der Waals surface area contributed by atoms with Crippen molar-refractivity contribution in [3.63, 3.8) is 0 Å². The number of piperidine rings is 1. The van der Waals surface area contributed by atoms with E-state index in [4.69, 9.17) is 0 Å². The Bertz CT molecular complexity index is 450. The molecule has 3 nitrogen and oxygen atoms in total. The van der Waals surface area contributed by atoms with E-state index in [-0.39, 0.29) is 24.2 Å². The summed E-state index contributed by atoms with van der Waals surface area (Å²) < 4.78 is 0. The molecule has 1 aromatic rings. The topological polar surface area (TPSA) is 41.1 Å². The molecule has 1 fully saturated rings. The van der Waals surface area contributed by atoms with Crippen LogP contribution in [0.2, 0.25) is 0 Å². The average molecular weight is 325 g/mol. The number of carbonyl (C=O) groups excluding carboxylic acids is 1. The first-order chi connectivity index (χ1) is 10.1. The van der Waals surface area contributed by atoms with Gasteiger partial charge in [-0.1, -0.05) is 51.1 Å². The molecule has 1 aliphatic rings. The molecule has 0 spiro atoms. The van der Waals surface area contributed by atoms with Gasteiger partial charge in [-0.15, -0.1) is 12.4 Å². The molecule has 4 heteroatoms. The summed E-state index contributed by atoms with van der Waals surface area (Å²) in [7, 11) is 0. The molecule has 2 N–H and O–H groups in total. The second-order valence-electron chi connectivity index (χ2n) is 6.63. The van der Waals surface area contributed by atoms with E-state index in [9.17, 15) is 4.79 Å². The third-order valence-corrected chi connectivity index (χ3v) is 4.55. The van der Waals surface area contributed by atoms with Crippen LogP contribution in [0.3, 0.4) is 0 Å². The number of nitrogens with one attached hydrogen (secondary N) is 2. The van der Waals surface area contributed by atoms with Crippen LogP contribution in [-0.4, -0.2) is 25.0 Å². The van der Waals surface area contributed by atoms with Crippen LogP contribution in [0, 0.1) is 17.8 Å². The van der Waals surface area contributed by atoms with Gasteiger partial charge in [0.1, 0.15) is 0 Å². The van der Waals surface area contributed by atoms with E-state index in [0.717, 1.165) is 25.9 Å². The van der Waals surface area contributed by atoms with Crippen molar-refractivity contribution in [2.24, 2.45) is 17.8 Å². The highest BCUT2D eigenvalue weighted by molar-refractivity contribution is 5.85. The van der Waals surface area contributed by atoms with Crippen molar-refractivity contribution in [2.75, 3.05) is 13.1 Å². The van der Waals surface area contributed by atoms with E-state index in [0.29, 0.717) is 17.9 Å². The van der Waals surface area contributed by atoms with Crippen molar-refractivity contribution >= 4 is 18.3 Å². The number of halogens is 1. The van der Waals surface area contributed by atoms with Crippen LogP contribution in [-0.2, 0) is 11.2 Å². The minimum absolute atomic E-state index is 0. The lowest BCUT2D eigenvalue weighted by Crippen LogP contribution is -2.50. The van der Waals surface area contributed by atoms with Gasteiger partial charge in [0, 0.05) is 12.0 Å². The van der Waals surface area contributed by atoms with Crippen molar-refractivity contribution < 1.29 is 4.79 Å². The molecule has 1 saturated heterocycles. The lowest BCUT2D eigenvalue weighted by molar-refractivity contribution is -0.127. The zero-order valence-corrected chi connectivity index (χ0v) is 14.7. The molecule has 0 aliphatic carbocycles. The molecule has 0 bridgehead atoms. The number of benzene rings is 1. The summed E-state index contributed by atoms with van der Waals surface area (Å²) >= 11 is 0. The molecule has 124 valence electrons. The Kier molecular flexibility index (Phi) is 7.91. The quantitative estimate of drug-likeness (QED) is 0.874. The summed E-state index contributed by atoms with van der Waals surface area (Å²) in [5.41, 5.74) is 1.24. The minimum Gasteiger partial charge on any atom is -0.353 e. The smallest absolute Gasteiger partial charge is 0.223 e. The maximum Gasteiger partial charge on any atom is 0.223 e. The lowest BCUT2D eigenvalue weighted by Gasteiger charge is -2.32. The van der Waals surface area contributed by atoms with Crippen molar-refractivity contribution in [2.45, 2.75) is 39.7 Å². The molecule has 0 radical (unpaired) electrons. The second kappa shape index (κ2) is 9.16. The Morgan fingerprint density at radius 3 is 2.59 bits per heavy atom. The number of hydrogen-bond acceptors (Lipinski definition) is 2. The summed E-state index contributed by atoms with van der Waals surface area (Å²) in [5.74, 6) is 1.12. The first-order valence-corrected chi connectivity index (χ1v) is 8.13. The highest BCUT2D eigenvalue weighted by Crippen LogP contribution is 2.19. The molecule has 22 heavy (non-hydrogen) atoms. The van der Waals surface area contributed by atoms with Gasteiger partial charge in [0.05, 0.1) is 0 Å². The van der Waals surface area contributed by atoms with Gasteiger partial charge < -0.3 is 10.6 Å². The van der Waals surface area contributed by atoms with Crippen LogP contribution < -0.4 is 10.6 Å². The highest BCUT2D eigenvalue weighted by Gasteiger charge is 2.28. The second-order valence-corrected chi connectivity index (χ2v) is 6.63. The van der Waals surface area contributed by atoms with Crippen LogP contribution >= 0.6 is 12.4 Å². The molecule has 0 saturated carbocycles. The summed E-state index contributed by atoms with van der Waals surface area (Å²) in [5, 5.41) is 6.67. The fraction of sp³-hybridized carbons (Fsp3) is 0.611. The van der Waals surface area contributed by atoms with Crippen LogP contribution in [0.25, 0.3) is 0 Å². The molecule has 1 aromatic carbocycles. The van der Waals surface area contributed by atoms with Crippen molar-refractivity contribution in [3.8, 4) is 0 Å². The Hall–Kier alpha value is -1.06. The van der Waals surface area contributed by atoms with Gasteiger partial charge in [-0.2, -0.15) is 0 Å². The van der Waals surface area contributed by atoms with Gasteiger partial charge in [-0.25, -0.2) is 0 Å². The Morgan fingerprint density at radius 1 is 1.32 bits per heavy atom. The zero-order chi connectivity index (χ0) is 15.2. The van der Waals surface area contributed by atoms with E-state index >= 15 is 0 Å². The van der Waals surface area contributed by atoms with Crippen LogP contribution in [0.15, 0.2) is 30.3 Å². The Labute approximate surface area is 140 Å². The van der Waals surface area contributed by atoms with Crippen LogP contribution in [0.4, 0.5) is 0 Å². The summed E-state index contributed by atoms with van der Waals surface area (Å²) in [6.45, 7) is 8.48. The predicted octanol–water partition coefficient (Wildman–Crippen LogP) is 3.04. The van der Waals surface area contributed by atoms with E-state index in [1.807, 2.05) is 18.2 Å². The highest BCUT2D eigenvalue weighted by atomic mass is 35.5. The van der Waals surface area contributed by atoms with E-state index in [2.05, 4.69) is 43.5 Å². The van der Waals surface area contributed by atoms with Crippen molar-refractivity contribution in [1.82, 2.24) is 10.6 Å². The van der Waals surface area contributed by atoms with Gasteiger partial charge in [-0.05, 0) is 43.3 Å². The fourth-order valence-electron chi connectivity index (χ4n) is 3.02. The maximum absolute atomic E-state index is 12.7. The summed E-state index contributed by atoms with van der Waals surface area (Å²) in [6, 6.07) is 10.6. The third kappa shape index (κ3) is 5.29. The molecule has 1 aliphatic heterocycles. The van der Waals surface area contributed by atoms with Crippen molar-refractivity contribution in [3.05, 3.63) is 35.9 Å². The molecule has 3 atom stereocenters. The van der Waals surface area contributed by atoms with Gasteiger partial charge in [0.25, 0.3) is 0 Å². The molecule has 0 aromatic heterocycles. The monoisotopic (exact) mass is 324 g/mol. The van der Waals surface area contributed by atoms with Crippen molar-refractivity contribution in [1.29, 1.82) is 0 Å². The van der Waals surface area contributed by atoms with E-state index in [1.54, 1.807) is 0 Å². The number of rotatable bonds is 5. The standard InChI is InChI=1S/C18H28N2O.ClH/c1-13(2)16(11-15-7-5-4-6-8-15)18(21)20-17-9-10-19-12-14(17)3;/h4-8,13-14,16-17,19H,9-12H2,1-3H3,(H,20,21);1H. The molecule has 1 heterocycles. The fourth-order valence-corrected chi connectivity index (χ4v) is 3.02. The molecular weight excluding hydrogens is 296 g/mol. The maximum atomic E-state index is 12.7. The molecule has 2 rings (SSSR count). The summed E-state index contributed by atoms with van der Waals surface area (Å²) in [4.78, 5) is 12.7. The minimum atomic E-state index is 0. The predicted molar refractivity (Wildman–Crippen MR) is 94.3 cm³/mol. The normalized spacial score (nSPS) is 22.7. The first-order valence-electron chi connectivity index (χ1n) is 8.13. The van der Waals surface area contributed by atoms with E-state index in [1.165, 1.54) is 5.56 Å². The van der Waals surface area contributed by atoms with E-state index < -0.39 is 0 Å². The zero-order valence-electron chi connectivity index (χ0n) is 13.8. The van der Waals surface area contributed by atoms with Gasteiger partial charge in [-0.3, -0.25) is 4.79 Å². The van der Waals surface area contributed by atoms with Gasteiger partial charge in [0.15, 0.2) is 0 Å². The molecular formula is C18H29ClN2O. The van der Waals surface area contributed by atoms with Crippen LogP contribution in [0.5, 0.6) is 0 Å². The average Bonchev–Trinajstić information content (AvgIpc) is 2.48. The van der Waals surface area contributed by atoms with Gasteiger partial charge >= 0.3 is 0 Å². The SMILES string of the molecule is CC(C)C(Cc1ccccc1)C(=O)NC1CCNCC1C.Cl. The number of carbonyl (C=O) groups is 1. The lowest BCUT2D eigenvalue weighted by atomic mass is 9.87. The van der Waals surface area contributed by atoms with Crippen LogP contribution in [0.1, 0.15) is 32.8 Å². The number of hydrogen-bond donors (Lipinski definition) is 2. The Morgan fingerprint density at radius 2 is 2.00 bits per heavy atom. The largest absolute Gasteiger partial charge is 0.353 e. The first kappa shape index (κ1) is 19.0. The Balaban J connectivity index is 0.00000242. The van der Waals surface area contributed by atoms with Gasteiger partial charge in [0.2, 0.25) is 5.91 Å². The molecule has 3 unspecified atom stereocenters. The summed E-state index contributed by atoms with van der Waals surface area (Å²) in [6.07, 6.45) is 1.85. The third-order valence-electron chi connectivity index (χ3n) is 4.55.